The SMILES string of the molecule is CCC1CSC2=NC(c3ccccn3)C(c3cc(C)n(C4CCCC4)c3C)N21. The van der Waals surface area contributed by atoms with E-state index in [4.69, 9.17) is 9.98 Å². The number of hydrogen-bond acceptors (Lipinski definition) is 4. The average molecular weight is 395 g/mol. The highest BCUT2D eigenvalue weighted by Gasteiger charge is 2.46. The van der Waals surface area contributed by atoms with Crippen molar-refractivity contribution in [1.82, 2.24) is 14.5 Å². The maximum absolute atomic E-state index is 5.19. The molecule has 3 unspecified atom stereocenters. The largest absolute Gasteiger partial charge is 0.346 e. The third-order valence-electron chi connectivity index (χ3n) is 6.86. The van der Waals surface area contributed by atoms with E-state index < -0.39 is 0 Å². The van der Waals surface area contributed by atoms with Gasteiger partial charge < -0.3 is 9.47 Å². The van der Waals surface area contributed by atoms with E-state index in [-0.39, 0.29) is 12.1 Å². The highest BCUT2D eigenvalue weighted by Crippen LogP contribution is 2.50. The van der Waals surface area contributed by atoms with Crippen LogP contribution in [0.25, 0.3) is 0 Å². The molecule has 148 valence electrons. The second-order valence-corrected chi connectivity index (χ2v) is 9.46. The third kappa shape index (κ3) is 2.81. The summed E-state index contributed by atoms with van der Waals surface area (Å²) >= 11 is 1.93. The normalized spacial score (nSPS) is 27.5. The summed E-state index contributed by atoms with van der Waals surface area (Å²) in [5, 5.41) is 1.22. The molecule has 1 saturated heterocycles. The zero-order valence-corrected chi connectivity index (χ0v) is 18.0. The number of aryl methyl sites for hydroxylation is 1. The predicted molar refractivity (Wildman–Crippen MR) is 117 cm³/mol. The molecule has 2 aliphatic heterocycles. The van der Waals surface area contributed by atoms with E-state index in [1.54, 1.807) is 0 Å². The van der Waals surface area contributed by atoms with E-state index in [1.807, 2.05) is 24.0 Å². The molecule has 0 aromatic carbocycles. The summed E-state index contributed by atoms with van der Waals surface area (Å²) in [6.45, 7) is 6.93. The van der Waals surface area contributed by atoms with Crippen LogP contribution in [0.1, 0.15) is 79.8 Å². The number of fused-ring (bicyclic) bond motifs is 1. The van der Waals surface area contributed by atoms with E-state index in [9.17, 15) is 0 Å². The fraction of sp³-hybridized carbons (Fsp3) is 0.565. The molecule has 2 fully saturated rings. The number of pyridine rings is 1. The molecule has 4 heterocycles. The van der Waals surface area contributed by atoms with Crippen molar-refractivity contribution in [1.29, 1.82) is 0 Å². The first-order valence-electron chi connectivity index (χ1n) is 10.8. The minimum absolute atomic E-state index is 0.0931. The number of aromatic nitrogens is 2. The topological polar surface area (TPSA) is 33.4 Å². The molecule has 5 rings (SSSR count). The average Bonchev–Trinajstić information content (AvgIpc) is 3.47. The first kappa shape index (κ1) is 18.3. The van der Waals surface area contributed by atoms with Crippen LogP contribution >= 0.6 is 11.8 Å². The van der Waals surface area contributed by atoms with Crippen molar-refractivity contribution in [3.63, 3.8) is 0 Å². The van der Waals surface area contributed by atoms with E-state index in [0.29, 0.717) is 12.1 Å². The summed E-state index contributed by atoms with van der Waals surface area (Å²) in [5.74, 6) is 1.15. The molecule has 0 radical (unpaired) electrons. The molecular formula is C23H30N4S. The van der Waals surface area contributed by atoms with Gasteiger partial charge in [0.05, 0.1) is 11.7 Å². The highest BCUT2D eigenvalue weighted by atomic mass is 32.2. The van der Waals surface area contributed by atoms with Gasteiger partial charge in [-0.25, -0.2) is 0 Å². The Morgan fingerprint density at radius 1 is 1.18 bits per heavy atom. The summed E-state index contributed by atoms with van der Waals surface area (Å²) in [6.07, 6.45) is 8.45. The summed E-state index contributed by atoms with van der Waals surface area (Å²) in [7, 11) is 0. The van der Waals surface area contributed by atoms with Gasteiger partial charge in [-0.05, 0) is 56.9 Å². The number of hydrogen-bond donors (Lipinski definition) is 0. The Balaban J connectivity index is 1.60. The van der Waals surface area contributed by atoms with Gasteiger partial charge in [0.2, 0.25) is 0 Å². The molecule has 1 aliphatic carbocycles. The lowest BCUT2D eigenvalue weighted by Crippen LogP contribution is -2.35. The first-order chi connectivity index (χ1) is 13.7. The lowest BCUT2D eigenvalue weighted by atomic mass is 9.95. The van der Waals surface area contributed by atoms with E-state index in [0.717, 1.165) is 11.4 Å². The second-order valence-electron chi connectivity index (χ2n) is 8.47. The third-order valence-corrected chi connectivity index (χ3v) is 7.99. The summed E-state index contributed by atoms with van der Waals surface area (Å²) < 4.78 is 2.62. The van der Waals surface area contributed by atoms with Crippen LogP contribution in [0.2, 0.25) is 0 Å². The van der Waals surface area contributed by atoms with Gasteiger partial charge in [0, 0.05) is 35.4 Å². The predicted octanol–water partition coefficient (Wildman–Crippen LogP) is 5.59. The Labute approximate surface area is 172 Å². The van der Waals surface area contributed by atoms with Crippen LogP contribution in [0.5, 0.6) is 0 Å². The number of rotatable bonds is 4. The lowest BCUT2D eigenvalue weighted by Gasteiger charge is -2.32. The van der Waals surface area contributed by atoms with Crippen molar-refractivity contribution >= 4 is 16.9 Å². The Morgan fingerprint density at radius 2 is 2.00 bits per heavy atom. The van der Waals surface area contributed by atoms with Gasteiger partial charge >= 0.3 is 0 Å². The van der Waals surface area contributed by atoms with Crippen LogP contribution in [-0.4, -0.2) is 31.4 Å². The number of thioether (sulfide) groups is 1. The Hall–Kier alpha value is -1.75. The molecule has 2 aromatic heterocycles. The summed E-state index contributed by atoms with van der Waals surface area (Å²) in [4.78, 5) is 12.5. The van der Waals surface area contributed by atoms with Gasteiger partial charge in [-0.1, -0.05) is 37.6 Å². The fourth-order valence-electron chi connectivity index (χ4n) is 5.51. The number of nitrogens with zero attached hydrogens (tertiary/aromatic N) is 4. The van der Waals surface area contributed by atoms with Gasteiger partial charge in [-0.2, -0.15) is 0 Å². The van der Waals surface area contributed by atoms with Crippen molar-refractivity contribution in [3.8, 4) is 0 Å². The minimum Gasteiger partial charge on any atom is -0.346 e. The van der Waals surface area contributed by atoms with Gasteiger partial charge in [0.25, 0.3) is 0 Å². The quantitative estimate of drug-likeness (QED) is 0.677. The van der Waals surface area contributed by atoms with Crippen LogP contribution in [0, 0.1) is 13.8 Å². The number of amidine groups is 1. The minimum atomic E-state index is 0.0931. The van der Waals surface area contributed by atoms with Gasteiger partial charge in [-0.15, -0.1) is 0 Å². The van der Waals surface area contributed by atoms with Gasteiger partial charge in [0.1, 0.15) is 6.04 Å². The molecule has 2 aromatic rings. The lowest BCUT2D eigenvalue weighted by molar-refractivity contribution is 0.254. The first-order valence-corrected chi connectivity index (χ1v) is 11.8. The van der Waals surface area contributed by atoms with Gasteiger partial charge in [-0.3, -0.25) is 9.98 Å². The Morgan fingerprint density at radius 3 is 2.71 bits per heavy atom. The summed E-state index contributed by atoms with van der Waals surface area (Å²) in [5.41, 5.74) is 5.40. The van der Waals surface area contributed by atoms with Crippen molar-refractivity contribution < 1.29 is 0 Å². The fourth-order valence-corrected chi connectivity index (χ4v) is 6.85. The maximum atomic E-state index is 5.19. The van der Waals surface area contributed by atoms with Gasteiger partial charge in [0.15, 0.2) is 5.17 Å². The molecule has 0 N–H and O–H groups in total. The second kappa shape index (κ2) is 7.25. The van der Waals surface area contributed by atoms with Crippen LogP contribution in [-0.2, 0) is 0 Å². The highest BCUT2D eigenvalue weighted by molar-refractivity contribution is 8.14. The van der Waals surface area contributed by atoms with Crippen molar-refractivity contribution in [2.45, 2.75) is 77.0 Å². The smallest absolute Gasteiger partial charge is 0.160 e. The molecule has 28 heavy (non-hydrogen) atoms. The van der Waals surface area contributed by atoms with Crippen LogP contribution in [0.4, 0.5) is 0 Å². The van der Waals surface area contributed by atoms with Crippen molar-refractivity contribution in [2.75, 3.05) is 5.75 Å². The van der Waals surface area contributed by atoms with Crippen molar-refractivity contribution in [2.24, 2.45) is 4.99 Å². The molecule has 3 aliphatic rings. The molecular weight excluding hydrogens is 364 g/mol. The maximum Gasteiger partial charge on any atom is 0.160 e. The molecule has 4 nitrogen and oxygen atoms in total. The number of aliphatic imine (C=N–C) groups is 1. The van der Waals surface area contributed by atoms with Crippen molar-refractivity contribution in [3.05, 3.63) is 53.1 Å². The van der Waals surface area contributed by atoms with Crippen LogP contribution < -0.4 is 0 Å². The van der Waals surface area contributed by atoms with E-state index in [1.165, 1.54) is 54.2 Å². The van der Waals surface area contributed by atoms with Crippen LogP contribution in [0.3, 0.4) is 0 Å². The van der Waals surface area contributed by atoms with E-state index in [2.05, 4.69) is 48.4 Å². The molecule has 0 amide bonds. The van der Waals surface area contributed by atoms with E-state index >= 15 is 0 Å². The summed E-state index contributed by atoms with van der Waals surface area (Å²) in [6, 6.07) is 10.3. The molecule has 5 heteroatoms. The zero-order valence-electron chi connectivity index (χ0n) is 17.1. The molecule has 3 atom stereocenters. The molecule has 0 spiro atoms. The molecule has 0 bridgehead atoms. The monoisotopic (exact) mass is 394 g/mol. The Bertz CT molecular complexity index is 882. The zero-order chi connectivity index (χ0) is 19.3. The standard InChI is InChI=1S/C23H30N4S/c1-4-17-14-28-23-25-21(20-11-7-8-12-24-20)22(27(17)23)19-13-15(2)26(16(19)3)18-9-5-6-10-18/h7-8,11-13,17-18,21-22H,4-6,9-10,14H2,1-3H3. The molecule has 1 saturated carbocycles. The Kier molecular flexibility index (Phi) is 4.74. The van der Waals surface area contributed by atoms with Crippen LogP contribution in [0.15, 0.2) is 35.5 Å².